The topological polar surface area (TPSA) is 34.4 Å². The molecule has 1 aromatic rings. The zero-order valence-electron chi connectivity index (χ0n) is 8.91. The van der Waals surface area contributed by atoms with Gasteiger partial charge in [0.05, 0.1) is 4.53 Å². The molecule has 14 heavy (non-hydrogen) atoms. The van der Waals surface area contributed by atoms with Crippen molar-refractivity contribution in [2.75, 3.05) is 6.54 Å². The van der Waals surface area contributed by atoms with Crippen LogP contribution < -0.4 is 14.9 Å². The molecule has 0 radical (unpaired) electrons. The molecule has 0 unspecified atom stereocenters. The summed E-state index contributed by atoms with van der Waals surface area (Å²) in [5.41, 5.74) is 0.888. The van der Waals surface area contributed by atoms with Crippen molar-refractivity contribution >= 4 is 17.4 Å². The average molecular weight is 212 g/mol. The lowest BCUT2D eigenvalue weighted by molar-refractivity contribution is 0.567. The van der Waals surface area contributed by atoms with Gasteiger partial charge in [0.25, 0.3) is 0 Å². The summed E-state index contributed by atoms with van der Waals surface area (Å²) in [5, 5.41) is 0. The van der Waals surface area contributed by atoms with Crippen molar-refractivity contribution in [3.8, 4) is 0 Å². The average Bonchev–Trinajstić information content (AvgIpc) is 2.59. The fourth-order valence-corrected chi connectivity index (χ4v) is 2.24. The summed E-state index contributed by atoms with van der Waals surface area (Å²) in [7, 11) is 0. The minimum atomic E-state index is 0.126. The van der Waals surface area contributed by atoms with Crippen LogP contribution in [0.1, 0.15) is 27.2 Å². The van der Waals surface area contributed by atoms with Crippen molar-refractivity contribution in [2.45, 2.75) is 33.7 Å². The number of rotatable bonds is 0. The molecule has 0 aromatic carbocycles. The zero-order chi connectivity index (χ0) is 10.6. The Kier molecular flexibility index (Phi) is 4.07. The fourth-order valence-electron chi connectivity index (χ4n) is 1.38. The standard InChI is InChI=1S/C8H10N2OS.C2H6/c1-2-6-7-9-4-3-5-10(7)8(11)12-6;1-2/h2H,3-5H2,1H3;1-2H3. The molecule has 0 N–H and O–H groups in total. The van der Waals surface area contributed by atoms with Crippen LogP contribution in [-0.4, -0.2) is 11.1 Å². The summed E-state index contributed by atoms with van der Waals surface area (Å²) in [6.07, 6.45) is 2.94. The minimum absolute atomic E-state index is 0.126. The van der Waals surface area contributed by atoms with Gasteiger partial charge in [0, 0.05) is 13.1 Å². The van der Waals surface area contributed by atoms with Crippen LogP contribution in [0, 0.1) is 0 Å². The van der Waals surface area contributed by atoms with E-state index in [1.54, 1.807) is 4.57 Å². The molecule has 0 amide bonds. The smallest absolute Gasteiger partial charge is 0.283 e. The first-order valence-corrected chi connectivity index (χ1v) is 5.85. The van der Waals surface area contributed by atoms with Gasteiger partial charge < -0.3 is 0 Å². The fraction of sp³-hybridized carbons (Fsp3) is 0.600. The predicted molar refractivity (Wildman–Crippen MR) is 60.3 cm³/mol. The van der Waals surface area contributed by atoms with Crippen LogP contribution in [0.5, 0.6) is 0 Å². The van der Waals surface area contributed by atoms with E-state index in [0.717, 1.165) is 29.5 Å². The van der Waals surface area contributed by atoms with E-state index in [1.807, 2.05) is 26.8 Å². The second kappa shape index (κ2) is 5.10. The van der Waals surface area contributed by atoms with E-state index in [0.29, 0.717) is 0 Å². The van der Waals surface area contributed by atoms with E-state index in [9.17, 15) is 4.79 Å². The molecule has 0 saturated carbocycles. The number of fused-ring (bicyclic) bond motifs is 1. The van der Waals surface area contributed by atoms with E-state index in [4.69, 9.17) is 0 Å². The Labute approximate surface area is 87.4 Å². The molecule has 0 fully saturated rings. The van der Waals surface area contributed by atoms with Crippen molar-refractivity contribution in [1.29, 1.82) is 0 Å². The Bertz CT molecular complexity index is 455. The Morgan fingerprint density at radius 1 is 1.50 bits per heavy atom. The molecule has 2 rings (SSSR count). The lowest BCUT2D eigenvalue weighted by Crippen LogP contribution is -2.35. The third-order valence-electron chi connectivity index (χ3n) is 1.96. The summed E-state index contributed by atoms with van der Waals surface area (Å²) in [5.74, 6) is 0. The van der Waals surface area contributed by atoms with Gasteiger partial charge in [0.15, 0.2) is 0 Å². The van der Waals surface area contributed by atoms with Gasteiger partial charge in [-0.15, -0.1) is 0 Å². The largest absolute Gasteiger partial charge is 0.309 e. The highest BCUT2D eigenvalue weighted by atomic mass is 32.1. The summed E-state index contributed by atoms with van der Waals surface area (Å²) in [6.45, 7) is 7.63. The quantitative estimate of drug-likeness (QED) is 0.625. The van der Waals surface area contributed by atoms with E-state index < -0.39 is 0 Å². The van der Waals surface area contributed by atoms with Gasteiger partial charge in [0.1, 0.15) is 5.49 Å². The van der Waals surface area contributed by atoms with Crippen molar-refractivity contribution < 1.29 is 0 Å². The lowest BCUT2D eigenvalue weighted by atomic mass is 10.4. The first kappa shape index (κ1) is 11.2. The molecule has 2 heterocycles. The van der Waals surface area contributed by atoms with Gasteiger partial charge in [-0.1, -0.05) is 31.3 Å². The Morgan fingerprint density at radius 3 is 2.86 bits per heavy atom. The Morgan fingerprint density at radius 2 is 2.21 bits per heavy atom. The van der Waals surface area contributed by atoms with Gasteiger partial charge in [0.2, 0.25) is 0 Å². The summed E-state index contributed by atoms with van der Waals surface area (Å²) in [4.78, 5) is 15.8. The summed E-state index contributed by atoms with van der Waals surface area (Å²) >= 11 is 1.29. The van der Waals surface area contributed by atoms with Crippen LogP contribution in [0.2, 0.25) is 0 Å². The molecular weight excluding hydrogens is 196 g/mol. The molecule has 0 bridgehead atoms. The molecule has 0 aliphatic carbocycles. The molecule has 4 heteroatoms. The van der Waals surface area contributed by atoms with Crippen LogP contribution in [0.3, 0.4) is 0 Å². The zero-order valence-corrected chi connectivity index (χ0v) is 9.73. The lowest BCUT2D eigenvalue weighted by Gasteiger charge is -2.04. The summed E-state index contributed by atoms with van der Waals surface area (Å²) < 4.78 is 2.78. The van der Waals surface area contributed by atoms with Crippen molar-refractivity contribution in [1.82, 2.24) is 4.57 Å². The number of nitrogens with zero attached hydrogens (tertiary/aromatic N) is 2. The van der Waals surface area contributed by atoms with E-state index in [2.05, 4.69) is 4.99 Å². The van der Waals surface area contributed by atoms with Crippen molar-refractivity contribution in [3.63, 3.8) is 0 Å². The maximum Gasteiger partial charge on any atom is 0.309 e. The Balaban J connectivity index is 0.000000461. The second-order valence-corrected chi connectivity index (χ2v) is 3.72. The van der Waals surface area contributed by atoms with Gasteiger partial charge in [-0.2, -0.15) is 0 Å². The van der Waals surface area contributed by atoms with E-state index >= 15 is 0 Å². The highest BCUT2D eigenvalue weighted by molar-refractivity contribution is 7.07. The van der Waals surface area contributed by atoms with E-state index in [-0.39, 0.29) is 4.87 Å². The van der Waals surface area contributed by atoms with Crippen LogP contribution in [0.25, 0.3) is 6.08 Å². The molecule has 78 valence electrons. The minimum Gasteiger partial charge on any atom is -0.283 e. The van der Waals surface area contributed by atoms with Crippen LogP contribution >= 0.6 is 11.3 Å². The monoisotopic (exact) mass is 212 g/mol. The summed E-state index contributed by atoms with van der Waals surface area (Å²) in [6, 6.07) is 0. The number of hydrogen-bond acceptors (Lipinski definition) is 3. The normalized spacial score (nSPS) is 15.2. The maximum atomic E-state index is 11.3. The molecule has 0 atom stereocenters. The SMILES string of the molecule is CC.CC=c1sc(=O)n2c1=NCCC2. The molecule has 0 saturated heterocycles. The van der Waals surface area contributed by atoms with Crippen LogP contribution in [0.15, 0.2) is 9.79 Å². The first-order chi connectivity index (χ1) is 6.83. The third kappa shape index (κ3) is 1.95. The van der Waals surface area contributed by atoms with E-state index in [1.165, 1.54) is 11.3 Å². The van der Waals surface area contributed by atoms with Crippen molar-refractivity contribution in [3.05, 3.63) is 19.7 Å². The maximum absolute atomic E-state index is 11.3. The molecular formula is C10H16N2OS. The Hall–Kier alpha value is -0.900. The predicted octanol–water partition coefficient (Wildman–Crippen LogP) is 0.760. The third-order valence-corrected chi connectivity index (χ3v) is 2.99. The number of aromatic nitrogens is 1. The molecule has 3 nitrogen and oxygen atoms in total. The highest BCUT2D eigenvalue weighted by Crippen LogP contribution is 1.89. The highest BCUT2D eigenvalue weighted by Gasteiger charge is 2.07. The van der Waals surface area contributed by atoms with Gasteiger partial charge in [-0.05, 0) is 13.3 Å². The van der Waals surface area contributed by atoms with Crippen LogP contribution in [0.4, 0.5) is 0 Å². The van der Waals surface area contributed by atoms with Gasteiger partial charge in [-0.25, -0.2) is 0 Å². The van der Waals surface area contributed by atoms with Crippen molar-refractivity contribution in [2.24, 2.45) is 4.99 Å². The molecule has 0 spiro atoms. The molecule has 1 aromatic heterocycles. The molecule has 1 aliphatic heterocycles. The number of thiazole rings is 1. The van der Waals surface area contributed by atoms with Gasteiger partial charge in [-0.3, -0.25) is 14.4 Å². The van der Waals surface area contributed by atoms with Crippen LogP contribution in [-0.2, 0) is 6.54 Å². The second-order valence-electron chi connectivity index (χ2n) is 2.73. The number of hydrogen-bond donors (Lipinski definition) is 0. The first-order valence-electron chi connectivity index (χ1n) is 5.03. The van der Waals surface area contributed by atoms with Gasteiger partial charge >= 0.3 is 4.87 Å². The molecule has 1 aliphatic rings.